The van der Waals surface area contributed by atoms with Crippen LogP contribution in [0.3, 0.4) is 0 Å². The zero-order valence-electron chi connectivity index (χ0n) is 14.1. The number of nitrogens with one attached hydrogen (secondary N) is 2. The average Bonchev–Trinajstić information content (AvgIpc) is 2.66. The maximum absolute atomic E-state index is 12.3. The van der Waals surface area contributed by atoms with Gasteiger partial charge < -0.3 is 10.6 Å². The van der Waals surface area contributed by atoms with Gasteiger partial charge in [-0.1, -0.05) is 35.9 Å². The zero-order chi connectivity index (χ0) is 18.5. The molecule has 130 valence electrons. The highest BCUT2D eigenvalue weighted by atomic mass is 35.5. The molecule has 0 heterocycles. The average molecular weight is 365 g/mol. The first-order chi connectivity index (χ1) is 12.5. The maximum Gasteiger partial charge on any atom is 0.255 e. The lowest BCUT2D eigenvalue weighted by molar-refractivity contribution is 0.101. The molecule has 0 fully saturated rings. The number of hydrogen-bond donors (Lipinski definition) is 2. The van der Waals surface area contributed by atoms with Crippen LogP contribution >= 0.6 is 11.6 Å². The van der Waals surface area contributed by atoms with E-state index >= 15 is 0 Å². The molecule has 4 nitrogen and oxygen atoms in total. The van der Waals surface area contributed by atoms with E-state index < -0.39 is 0 Å². The molecule has 0 aromatic heterocycles. The zero-order valence-corrected chi connectivity index (χ0v) is 14.9. The lowest BCUT2D eigenvalue weighted by Gasteiger charge is -2.09. The summed E-state index contributed by atoms with van der Waals surface area (Å²) in [5.41, 5.74) is 3.27. The highest BCUT2D eigenvalue weighted by Gasteiger charge is 2.09. The number of rotatable bonds is 4. The van der Waals surface area contributed by atoms with Crippen molar-refractivity contribution in [1.29, 1.82) is 0 Å². The summed E-state index contributed by atoms with van der Waals surface area (Å²) in [6.45, 7) is 1.88. The van der Waals surface area contributed by atoms with Gasteiger partial charge in [0.1, 0.15) is 0 Å². The van der Waals surface area contributed by atoms with Crippen LogP contribution < -0.4 is 10.6 Å². The first-order valence-electron chi connectivity index (χ1n) is 8.07. The van der Waals surface area contributed by atoms with Crippen LogP contribution in [0.4, 0.5) is 11.4 Å². The van der Waals surface area contributed by atoms with E-state index in [1.807, 2.05) is 25.1 Å². The standard InChI is InChI=1S/C21H17ClN2O2/c1-14-7-8-16(13-19(14)22)21(26)24-18-11-9-17(10-12-18)23-20(25)15-5-3-2-4-6-15/h2-13H,1H3,(H,23,25)(H,24,26). The second-order valence-corrected chi connectivity index (χ2v) is 6.22. The number of benzene rings is 3. The molecule has 2 N–H and O–H groups in total. The van der Waals surface area contributed by atoms with E-state index in [0.29, 0.717) is 27.5 Å². The van der Waals surface area contributed by atoms with Crippen LogP contribution in [0.1, 0.15) is 26.3 Å². The largest absolute Gasteiger partial charge is 0.322 e. The van der Waals surface area contributed by atoms with E-state index in [9.17, 15) is 9.59 Å². The van der Waals surface area contributed by atoms with E-state index in [4.69, 9.17) is 11.6 Å². The summed E-state index contributed by atoms with van der Waals surface area (Å²) in [6.07, 6.45) is 0. The number of carbonyl (C=O) groups is 2. The van der Waals surface area contributed by atoms with E-state index in [1.54, 1.807) is 54.6 Å². The smallest absolute Gasteiger partial charge is 0.255 e. The van der Waals surface area contributed by atoms with Gasteiger partial charge in [0.2, 0.25) is 0 Å². The summed E-state index contributed by atoms with van der Waals surface area (Å²) in [5, 5.41) is 6.17. The number of carbonyl (C=O) groups excluding carboxylic acids is 2. The first-order valence-corrected chi connectivity index (χ1v) is 8.45. The van der Waals surface area contributed by atoms with Gasteiger partial charge in [-0.25, -0.2) is 0 Å². The van der Waals surface area contributed by atoms with Crippen molar-refractivity contribution >= 4 is 34.8 Å². The molecule has 26 heavy (non-hydrogen) atoms. The van der Waals surface area contributed by atoms with Crippen LogP contribution in [-0.2, 0) is 0 Å². The van der Waals surface area contributed by atoms with Crippen LogP contribution in [0, 0.1) is 6.92 Å². The Morgan fingerprint density at radius 3 is 1.81 bits per heavy atom. The molecule has 0 saturated heterocycles. The van der Waals surface area contributed by atoms with Gasteiger partial charge in [0.05, 0.1) is 0 Å². The van der Waals surface area contributed by atoms with Gasteiger partial charge in [0.25, 0.3) is 11.8 Å². The van der Waals surface area contributed by atoms with Crippen molar-refractivity contribution in [3.63, 3.8) is 0 Å². The van der Waals surface area contributed by atoms with Crippen molar-refractivity contribution in [1.82, 2.24) is 0 Å². The minimum atomic E-state index is -0.243. The van der Waals surface area contributed by atoms with Crippen LogP contribution in [-0.4, -0.2) is 11.8 Å². The monoisotopic (exact) mass is 364 g/mol. The topological polar surface area (TPSA) is 58.2 Å². The summed E-state index contributed by atoms with van der Waals surface area (Å²) in [5.74, 6) is -0.426. The van der Waals surface area contributed by atoms with E-state index in [2.05, 4.69) is 10.6 Å². The number of amides is 2. The molecule has 0 aliphatic rings. The van der Waals surface area contributed by atoms with Gasteiger partial charge in [-0.2, -0.15) is 0 Å². The van der Waals surface area contributed by atoms with Gasteiger partial charge >= 0.3 is 0 Å². The molecule has 3 aromatic rings. The normalized spacial score (nSPS) is 10.2. The van der Waals surface area contributed by atoms with Crippen LogP contribution in [0.2, 0.25) is 5.02 Å². The SMILES string of the molecule is Cc1ccc(C(=O)Nc2ccc(NC(=O)c3ccccc3)cc2)cc1Cl. The summed E-state index contributed by atoms with van der Waals surface area (Å²) >= 11 is 6.06. The lowest BCUT2D eigenvalue weighted by Crippen LogP contribution is -2.13. The molecule has 0 aliphatic heterocycles. The predicted molar refractivity (Wildman–Crippen MR) is 105 cm³/mol. The minimum absolute atomic E-state index is 0.184. The number of hydrogen-bond acceptors (Lipinski definition) is 2. The fourth-order valence-electron chi connectivity index (χ4n) is 2.37. The fraction of sp³-hybridized carbons (Fsp3) is 0.0476. The molecule has 0 saturated carbocycles. The first kappa shape index (κ1) is 17.7. The Bertz CT molecular complexity index is 938. The molecule has 0 atom stereocenters. The Balaban J connectivity index is 1.65. The maximum atomic E-state index is 12.3. The molecule has 0 radical (unpaired) electrons. The third-order valence-electron chi connectivity index (χ3n) is 3.87. The summed E-state index contributed by atoms with van der Waals surface area (Å²) in [4.78, 5) is 24.4. The van der Waals surface area contributed by atoms with Crippen LogP contribution in [0.5, 0.6) is 0 Å². The fourth-order valence-corrected chi connectivity index (χ4v) is 2.55. The molecular formula is C21H17ClN2O2. The Hall–Kier alpha value is -3.11. The van der Waals surface area contributed by atoms with E-state index in [0.717, 1.165) is 5.56 Å². The van der Waals surface area contributed by atoms with Gasteiger partial charge in [-0.05, 0) is 61.0 Å². The third-order valence-corrected chi connectivity index (χ3v) is 4.28. The number of anilines is 2. The summed E-state index contributed by atoms with van der Waals surface area (Å²) < 4.78 is 0. The molecule has 0 spiro atoms. The molecule has 2 amide bonds. The highest BCUT2D eigenvalue weighted by Crippen LogP contribution is 2.19. The quantitative estimate of drug-likeness (QED) is 0.672. The van der Waals surface area contributed by atoms with E-state index in [-0.39, 0.29) is 11.8 Å². The minimum Gasteiger partial charge on any atom is -0.322 e. The van der Waals surface area contributed by atoms with Gasteiger partial charge in [-0.3, -0.25) is 9.59 Å². The Morgan fingerprint density at radius 1 is 0.731 bits per heavy atom. The molecule has 0 aliphatic carbocycles. The van der Waals surface area contributed by atoms with Crippen molar-refractivity contribution in [2.45, 2.75) is 6.92 Å². The number of aryl methyl sites for hydroxylation is 1. The van der Waals surface area contributed by atoms with Crippen molar-refractivity contribution in [3.8, 4) is 0 Å². The molecule has 5 heteroatoms. The van der Waals surface area contributed by atoms with Gasteiger partial charge in [0, 0.05) is 27.5 Å². The Kier molecular flexibility index (Phi) is 5.34. The lowest BCUT2D eigenvalue weighted by atomic mass is 10.1. The second kappa shape index (κ2) is 7.85. The molecular weight excluding hydrogens is 348 g/mol. The molecule has 3 rings (SSSR count). The Labute approximate surface area is 156 Å². The van der Waals surface area contributed by atoms with Crippen molar-refractivity contribution in [2.75, 3.05) is 10.6 Å². The highest BCUT2D eigenvalue weighted by molar-refractivity contribution is 6.31. The summed E-state index contributed by atoms with van der Waals surface area (Å²) in [7, 11) is 0. The van der Waals surface area contributed by atoms with E-state index in [1.165, 1.54) is 0 Å². The van der Waals surface area contributed by atoms with Crippen molar-refractivity contribution in [2.24, 2.45) is 0 Å². The van der Waals surface area contributed by atoms with Crippen LogP contribution in [0.15, 0.2) is 72.8 Å². The van der Waals surface area contributed by atoms with Crippen LogP contribution in [0.25, 0.3) is 0 Å². The molecule has 3 aromatic carbocycles. The van der Waals surface area contributed by atoms with Gasteiger partial charge in [0.15, 0.2) is 0 Å². The van der Waals surface area contributed by atoms with Crippen molar-refractivity contribution in [3.05, 3.63) is 94.5 Å². The summed E-state index contributed by atoms with van der Waals surface area (Å²) in [6, 6.07) is 21.1. The number of halogens is 1. The Morgan fingerprint density at radius 2 is 1.27 bits per heavy atom. The molecule has 0 bridgehead atoms. The van der Waals surface area contributed by atoms with Gasteiger partial charge in [-0.15, -0.1) is 0 Å². The molecule has 0 unspecified atom stereocenters. The van der Waals surface area contributed by atoms with Crippen molar-refractivity contribution < 1.29 is 9.59 Å². The predicted octanol–water partition coefficient (Wildman–Crippen LogP) is 5.15. The third kappa shape index (κ3) is 4.29. The second-order valence-electron chi connectivity index (χ2n) is 5.82.